The van der Waals surface area contributed by atoms with E-state index in [0.29, 0.717) is 30.8 Å². The van der Waals surface area contributed by atoms with Crippen molar-refractivity contribution >= 4 is 15.9 Å². The molecule has 1 atom stereocenters. The van der Waals surface area contributed by atoms with Crippen LogP contribution in [-0.2, 0) is 10.2 Å². The molecule has 0 fully saturated rings. The van der Waals surface area contributed by atoms with Gasteiger partial charge in [-0.05, 0) is 12.5 Å². The van der Waals surface area contributed by atoms with E-state index in [0.717, 1.165) is 0 Å². The molecule has 2 rings (SSSR count). The molecule has 1 aromatic carbocycles. The van der Waals surface area contributed by atoms with Gasteiger partial charge in [-0.2, -0.15) is 13.1 Å². The van der Waals surface area contributed by atoms with E-state index in [-0.39, 0.29) is 0 Å². The molecule has 0 saturated heterocycles. The highest BCUT2D eigenvalue weighted by atomic mass is 32.2. The summed E-state index contributed by atoms with van der Waals surface area (Å²) in [6, 6.07) is 7.04. The van der Waals surface area contributed by atoms with Crippen LogP contribution in [0.3, 0.4) is 0 Å². The van der Waals surface area contributed by atoms with Gasteiger partial charge in [-0.1, -0.05) is 25.1 Å². The second-order valence-corrected chi connectivity index (χ2v) is 5.62. The summed E-state index contributed by atoms with van der Waals surface area (Å²) in [4.78, 5) is 0. The lowest BCUT2D eigenvalue weighted by molar-refractivity contribution is 0.166. The standard InChI is InChI=1S/C11H16N2O3S/c1-2-12-17(15,16)13-8-7-11(14)9-5-3-4-6-10(9)13/h3-6,11-12,14H,2,7-8H2,1H3. The third kappa shape index (κ3) is 2.29. The largest absolute Gasteiger partial charge is 0.388 e. The number of para-hydroxylation sites is 1. The van der Waals surface area contributed by atoms with Crippen LogP contribution in [-0.4, -0.2) is 26.6 Å². The van der Waals surface area contributed by atoms with E-state index in [4.69, 9.17) is 0 Å². The van der Waals surface area contributed by atoms with Crippen LogP contribution in [0, 0.1) is 0 Å². The van der Waals surface area contributed by atoms with Gasteiger partial charge in [0.05, 0.1) is 11.8 Å². The number of nitrogens with one attached hydrogen (secondary N) is 1. The molecule has 0 aliphatic carbocycles. The van der Waals surface area contributed by atoms with Crippen molar-refractivity contribution in [2.24, 2.45) is 0 Å². The maximum absolute atomic E-state index is 12.0. The molecule has 0 saturated carbocycles. The SMILES string of the molecule is CCNS(=O)(=O)N1CCC(O)c2ccccc21. The topological polar surface area (TPSA) is 69.6 Å². The monoisotopic (exact) mass is 256 g/mol. The van der Waals surface area contributed by atoms with Crippen molar-refractivity contribution in [3.8, 4) is 0 Å². The summed E-state index contributed by atoms with van der Waals surface area (Å²) in [5.41, 5.74) is 1.23. The van der Waals surface area contributed by atoms with Gasteiger partial charge in [0.15, 0.2) is 0 Å². The molecule has 0 radical (unpaired) electrons. The number of benzene rings is 1. The van der Waals surface area contributed by atoms with Crippen molar-refractivity contribution in [3.63, 3.8) is 0 Å². The number of aliphatic hydroxyl groups is 1. The molecule has 0 spiro atoms. The summed E-state index contributed by atoms with van der Waals surface area (Å²) in [6.45, 7) is 2.39. The van der Waals surface area contributed by atoms with Gasteiger partial charge in [0.1, 0.15) is 0 Å². The second-order valence-electron chi connectivity index (χ2n) is 3.94. The Morgan fingerprint density at radius 1 is 1.47 bits per heavy atom. The molecule has 0 aromatic heterocycles. The molecule has 2 N–H and O–H groups in total. The van der Waals surface area contributed by atoms with Gasteiger partial charge in [0.25, 0.3) is 0 Å². The quantitative estimate of drug-likeness (QED) is 0.840. The molecule has 1 heterocycles. The van der Waals surface area contributed by atoms with Crippen LogP contribution in [0.25, 0.3) is 0 Å². The van der Waals surface area contributed by atoms with Crippen LogP contribution in [0.15, 0.2) is 24.3 Å². The fourth-order valence-corrected chi connectivity index (χ4v) is 3.31. The first-order valence-electron chi connectivity index (χ1n) is 5.60. The number of aliphatic hydroxyl groups excluding tert-OH is 1. The molecule has 1 aromatic rings. The van der Waals surface area contributed by atoms with Crippen molar-refractivity contribution in [1.82, 2.24) is 4.72 Å². The van der Waals surface area contributed by atoms with Gasteiger partial charge < -0.3 is 5.11 Å². The highest BCUT2D eigenvalue weighted by Crippen LogP contribution is 2.34. The molecule has 5 nitrogen and oxygen atoms in total. The Bertz CT molecular complexity index is 501. The highest BCUT2D eigenvalue weighted by molar-refractivity contribution is 7.90. The van der Waals surface area contributed by atoms with E-state index in [1.807, 2.05) is 0 Å². The average Bonchev–Trinajstić information content (AvgIpc) is 2.29. The molecule has 0 amide bonds. The third-order valence-corrected chi connectivity index (χ3v) is 4.40. The summed E-state index contributed by atoms with van der Waals surface area (Å²) in [6.07, 6.45) is -0.166. The zero-order valence-electron chi connectivity index (χ0n) is 9.63. The molecule has 6 heteroatoms. The van der Waals surface area contributed by atoms with Crippen molar-refractivity contribution < 1.29 is 13.5 Å². The summed E-state index contributed by atoms with van der Waals surface area (Å²) in [7, 11) is -3.50. The van der Waals surface area contributed by atoms with Crippen LogP contribution >= 0.6 is 0 Å². The Morgan fingerprint density at radius 2 is 2.18 bits per heavy atom. The van der Waals surface area contributed by atoms with Crippen molar-refractivity contribution in [2.45, 2.75) is 19.4 Å². The Morgan fingerprint density at radius 3 is 2.88 bits per heavy atom. The minimum atomic E-state index is -3.50. The average molecular weight is 256 g/mol. The van der Waals surface area contributed by atoms with Gasteiger partial charge in [0, 0.05) is 18.7 Å². The number of fused-ring (bicyclic) bond motifs is 1. The van der Waals surface area contributed by atoms with Gasteiger partial charge >= 0.3 is 10.2 Å². The van der Waals surface area contributed by atoms with Gasteiger partial charge in [0.2, 0.25) is 0 Å². The lowest BCUT2D eigenvalue weighted by Gasteiger charge is -2.32. The lowest BCUT2D eigenvalue weighted by atomic mass is 10.0. The Hall–Kier alpha value is -1.11. The van der Waals surface area contributed by atoms with Gasteiger partial charge in [-0.15, -0.1) is 0 Å². The first kappa shape index (κ1) is 12.3. The van der Waals surface area contributed by atoms with Crippen molar-refractivity contribution in [2.75, 3.05) is 17.4 Å². The van der Waals surface area contributed by atoms with Crippen molar-refractivity contribution in [1.29, 1.82) is 0 Å². The zero-order valence-corrected chi connectivity index (χ0v) is 10.4. The van der Waals surface area contributed by atoms with E-state index < -0.39 is 16.3 Å². The molecule has 0 bridgehead atoms. The predicted octanol–water partition coefficient (Wildman–Crippen LogP) is 0.784. The fraction of sp³-hybridized carbons (Fsp3) is 0.455. The molecule has 94 valence electrons. The summed E-state index contributed by atoms with van der Waals surface area (Å²) in [5, 5.41) is 9.83. The first-order valence-corrected chi connectivity index (χ1v) is 7.04. The summed E-state index contributed by atoms with van der Waals surface area (Å²) in [5.74, 6) is 0. The third-order valence-electron chi connectivity index (χ3n) is 2.79. The van der Waals surface area contributed by atoms with E-state index >= 15 is 0 Å². The number of rotatable bonds is 3. The van der Waals surface area contributed by atoms with Gasteiger partial charge in [-0.25, -0.2) is 0 Å². The molecular weight excluding hydrogens is 240 g/mol. The second kappa shape index (κ2) is 4.64. The summed E-state index contributed by atoms with van der Waals surface area (Å²) >= 11 is 0. The van der Waals surface area contributed by atoms with Crippen LogP contribution < -0.4 is 9.03 Å². The van der Waals surface area contributed by atoms with E-state index in [1.54, 1.807) is 31.2 Å². The minimum Gasteiger partial charge on any atom is -0.388 e. The Balaban J connectivity index is 2.43. The highest BCUT2D eigenvalue weighted by Gasteiger charge is 2.30. The molecule has 1 unspecified atom stereocenters. The molecule has 1 aliphatic rings. The molecule has 1 aliphatic heterocycles. The first-order chi connectivity index (χ1) is 8.06. The Labute approximate surface area is 101 Å². The lowest BCUT2D eigenvalue weighted by Crippen LogP contribution is -2.44. The molecular formula is C11H16N2O3S. The number of anilines is 1. The zero-order chi connectivity index (χ0) is 12.5. The minimum absolute atomic E-state index is 0.299. The maximum atomic E-state index is 12.0. The Kier molecular flexibility index (Phi) is 3.37. The van der Waals surface area contributed by atoms with E-state index in [9.17, 15) is 13.5 Å². The maximum Gasteiger partial charge on any atom is 0.301 e. The van der Waals surface area contributed by atoms with Crippen LogP contribution in [0.1, 0.15) is 25.0 Å². The summed E-state index contributed by atoms with van der Waals surface area (Å²) < 4.78 is 27.8. The number of hydrogen-bond donors (Lipinski definition) is 2. The molecule has 17 heavy (non-hydrogen) atoms. The van der Waals surface area contributed by atoms with E-state index in [2.05, 4.69) is 4.72 Å². The van der Waals surface area contributed by atoms with Crippen LogP contribution in [0.5, 0.6) is 0 Å². The van der Waals surface area contributed by atoms with Crippen LogP contribution in [0.2, 0.25) is 0 Å². The van der Waals surface area contributed by atoms with E-state index in [1.165, 1.54) is 4.31 Å². The predicted molar refractivity (Wildman–Crippen MR) is 66.0 cm³/mol. The number of hydrogen-bond acceptors (Lipinski definition) is 3. The van der Waals surface area contributed by atoms with Gasteiger partial charge in [-0.3, -0.25) is 4.31 Å². The fourth-order valence-electron chi connectivity index (χ4n) is 2.02. The normalized spacial score (nSPS) is 20.1. The smallest absolute Gasteiger partial charge is 0.301 e. The van der Waals surface area contributed by atoms with Crippen molar-refractivity contribution in [3.05, 3.63) is 29.8 Å². The number of nitrogens with zero attached hydrogens (tertiary/aromatic N) is 1. The van der Waals surface area contributed by atoms with Crippen LogP contribution in [0.4, 0.5) is 5.69 Å².